The van der Waals surface area contributed by atoms with E-state index >= 15 is 0 Å². The Kier molecular flexibility index (Phi) is 4.80. The van der Waals surface area contributed by atoms with Crippen LogP contribution in [0.15, 0.2) is 46.9 Å². The fourth-order valence-electron chi connectivity index (χ4n) is 1.72. The van der Waals surface area contributed by atoms with Crippen LogP contribution in [-0.2, 0) is 6.42 Å². The summed E-state index contributed by atoms with van der Waals surface area (Å²) in [7, 11) is 0. The Hall–Kier alpha value is -1.55. The van der Waals surface area contributed by atoms with Gasteiger partial charge in [-0.05, 0) is 64.7 Å². The number of rotatable bonds is 5. The molecule has 0 spiro atoms. The highest BCUT2D eigenvalue weighted by Crippen LogP contribution is 2.21. The molecule has 0 radical (unpaired) electrons. The second kappa shape index (κ2) is 6.57. The number of hydrogen-bond acceptors (Lipinski definition) is 2. The molecule has 0 aliphatic carbocycles. The number of nitrogen functional groups attached to an aromatic ring is 1. The van der Waals surface area contributed by atoms with Gasteiger partial charge >= 0.3 is 0 Å². The first-order valence-corrected chi connectivity index (χ1v) is 6.87. The Labute approximate surface area is 120 Å². The summed E-state index contributed by atoms with van der Waals surface area (Å²) in [4.78, 5) is 0. The lowest BCUT2D eigenvalue weighted by atomic mass is 10.1. The van der Waals surface area contributed by atoms with Crippen LogP contribution in [-0.4, -0.2) is 6.61 Å². The number of hydrogen-bond donors (Lipinski definition) is 1. The lowest BCUT2D eigenvalue weighted by molar-refractivity contribution is 0.310. The molecule has 2 nitrogen and oxygen atoms in total. The van der Waals surface area contributed by atoms with E-state index in [4.69, 9.17) is 10.5 Å². The maximum atomic E-state index is 13.0. The summed E-state index contributed by atoms with van der Waals surface area (Å²) >= 11 is 3.13. The number of benzene rings is 2. The average Bonchev–Trinajstić information content (AvgIpc) is 2.41. The van der Waals surface area contributed by atoms with Crippen molar-refractivity contribution in [2.75, 3.05) is 12.3 Å². The molecule has 4 heteroatoms. The van der Waals surface area contributed by atoms with Gasteiger partial charge in [0.15, 0.2) is 0 Å². The van der Waals surface area contributed by atoms with E-state index in [2.05, 4.69) is 15.9 Å². The summed E-state index contributed by atoms with van der Waals surface area (Å²) in [5.74, 6) is 0.389. The van der Waals surface area contributed by atoms with Crippen molar-refractivity contribution < 1.29 is 9.13 Å². The van der Waals surface area contributed by atoms with Crippen LogP contribution >= 0.6 is 15.9 Å². The van der Waals surface area contributed by atoms with E-state index < -0.39 is 0 Å². The minimum Gasteiger partial charge on any atom is -0.494 e. The van der Waals surface area contributed by atoms with E-state index in [1.165, 1.54) is 11.6 Å². The van der Waals surface area contributed by atoms with Crippen molar-refractivity contribution in [1.82, 2.24) is 0 Å². The van der Waals surface area contributed by atoms with Crippen LogP contribution in [0.4, 0.5) is 10.1 Å². The van der Waals surface area contributed by atoms with E-state index in [-0.39, 0.29) is 5.82 Å². The average molecular weight is 324 g/mol. The zero-order valence-corrected chi connectivity index (χ0v) is 12.0. The van der Waals surface area contributed by atoms with Gasteiger partial charge in [-0.15, -0.1) is 0 Å². The monoisotopic (exact) mass is 323 g/mol. The molecule has 19 heavy (non-hydrogen) atoms. The highest BCUT2D eigenvalue weighted by atomic mass is 79.9. The van der Waals surface area contributed by atoms with Crippen molar-refractivity contribution in [1.29, 1.82) is 0 Å². The van der Waals surface area contributed by atoms with Gasteiger partial charge in [0.25, 0.3) is 0 Å². The molecule has 2 rings (SSSR count). The van der Waals surface area contributed by atoms with Gasteiger partial charge in [0, 0.05) is 5.69 Å². The standard InChI is InChI=1S/C15H15BrFNO/c16-14-10-13(7-8-15(14)17)19-9-1-2-11-3-5-12(18)6-4-11/h3-8,10H,1-2,9,18H2. The predicted octanol–water partition coefficient (Wildman–Crippen LogP) is 4.18. The topological polar surface area (TPSA) is 35.2 Å². The predicted molar refractivity (Wildman–Crippen MR) is 78.8 cm³/mol. The number of ether oxygens (including phenoxy) is 1. The van der Waals surface area contributed by atoms with Gasteiger partial charge in [-0.25, -0.2) is 4.39 Å². The summed E-state index contributed by atoms with van der Waals surface area (Å²) < 4.78 is 19.0. The Bertz CT molecular complexity index is 542. The Balaban J connectivity index is 1.77. The Morgan fingerprint density at radius 1 is 1.11 bits per heavy atom. The van der Waals surface area contributed by atoms with Crippen LogP contribution in [0, 0.1) is 5.82 Å². The highest BCUT2D eigenvalue weighted by Gasteiger charge is 2.01. The number of nitrogens with two attached hydrogens (primary N) is 1. The molecule has 100 valence electrons. The lowest BCUT2D eigenvalue weighted by Gasteiger charge is -2.07. The van der Waals surface area contributed by atoms with E-state index in [1.54, 1.807) is 12.1 Å². The molecular formula is C15H15BrFNO. The molecule has 0 fully saturated rings. The molecule has 0 heterocycles. The Morgan fingerprint density at radius 2 is 1.84 bits per heavy atom. The number of anilines is 1. The van der Waals surface area contributed by atoms with E-state index in [0.29, 0.717) is 16.8 Å². The molecular weight excluding hydrogens is 309 g/mol. The quantitative estimate of drug-likeness (QED) is 0.661. The molecule has 0 amide bonds. The van der Waals surface area contributed by atoms with Crippen LogP contribution in [0.5, 0.6) is 5.75 Å². The van der Waals surface area contributed by atoms with Crippen molar-refractivity contribution >= 4 is 21.6 Å². The first-order valence-electron chi connectivity index (χ1n) is 6.07. The summed E-state index contributed by atoms with van der Waals surface area (Å²) in [5.41, 5.74) is 7.63. The van der Waals surface area contributed by atoms with Crippen LogP contribution in [0.25, 0.3) is 0 Å². The normalized spacial score (nSPS) is 10.4. The van der Waals surface area contributed by atoms with E-state index in [0.717, 1.165) is 18.5 Å². The van der Waals surface area contributed by atoms with Crippen LogP contribution in [0.1, 0.15) is 12.0 Å². The lowest BCUT2D eigenvalue weighted by Crippen LogP contribution is -1.99. The largest absolute Gasteiger partial charge is 0.494 e. The summed E-state index contributed by atoms with van der Waals surface area (Å²) in [5, 5.41) is 0. The molecule has 0 aromatic heterocycles. The van der Waals surface area contributed by atoms with E-state index in [9.17, 15) is 4.39 Å². The van der Waals surface area contributed by atoms with Gasteiger partial charge in [-0.3, -0.25) is 0 Å². The fourth-order valence-corrected chi connectivity index (χ4v) is 2.08. The molecule has 2 N–H and O–H groups in total. The second-order valence-corrected chi connectivity index (χ2v) is 5.12. The van der Waals surface area contributed by atoms with Gasteiger partial charge in [0.1, 0.15) is 11.6 Å². The summed E-state index contributed by atoms with van der Waals surface area (Å²) in [6, 6.07) is 12.5. The molecule has 0 bridgehead atoms. The molecule has 0 aliphatic heterocycles. The third-order valence-corrected chi connectivity index (χ3v) is 3.36. The zero-order valence-electron chi connectivity index (χ0n) is 10.4. The SMILES string of the molecule is Nc1ccc(CCCOc2ccc(F)c(Br)c2)cc1. The molecule has 0 atom stereocenters. The molecule has 2 aromatic carbocycles. The zero-order chi connectivity index (χ0) is 13.7. The Morgan fingerprint density at radius 3 is 2.53 bits per heavy atom. The molecule has 0 saturated carbocycles. The van der Waals surface area contributed by atoms with Crippen LogP contribution in [0.3, 0.4) is 0 Å². The van der Waals surface area contributed by atoms with Gasteiger partial charge in [-0.1, -0.05) is 12.1 Å². The third-order valence-electron chi connectivity index (χ3n) is 2.75. The highest BCUT2D eigenvalue weighted by molar-refractivity contribution is 9.10. The number of halogens is 2. The molecule has 0 aliphatic rings. The minimum atomic E-state index is -0.283. The second-order valence-electron chi connectivity index (χ2n) is 4.27. The third kappa shape index (κ3) is 4.24. The van der Waals surface area contributed by atoms with Crippen molar-refractivity contribution in [2.24, 2.45) is 0 Å². The van der Waals surface area contributed by atoms with Gasteiger partial charge in [-0.2, -0.15) is 0 Å². The molecule has 2 aromatic rings. The summed E-state index contributed by atoms with van der Waals surface area (Å²) in [6.07, 6.45) is 1.83. The minimum absolute atomic E-state index is 0.283. The van der Waals surface area contributed by atoms with Gasteiger partial charge < -0.3 is 10.5 Å². The van der Waals surface area contributed by atoms with Crippen molar-refractivity contribution in [2.45, 2.75) is 12.8 Å². The van der Waals surface area contributed by atoms with Crippen LogP contribution < -0.4 is 10.5 Å². The van der Waals surface area contributed by atoms with Gasteiger partial charge in [0.2, 0.25) is 0 Å². The first kappa shape index (κ1) is 13.9. The molecule has 0 unspecified atom stereocenters. The molecule has 0 saturated heterocycles. The number of aryl methyl sites for hydroxylation is 1. The maximum absolute atomic E-state index is 13.0. The van der Waals surface area contributed by atoms with Crippen LogP contribution in [0.2, 0.25) is 0 Å². The summed E-state index contributed by atoms with van der Waals surface area (Å²) in [6.45, 7) is 0.600. The fraction of sp³-hybridized carbons (Fsp3) is 0.200. The van der Waals surface area contributed by atoms with Crippen molar-refractivity contribution in [3.05, 3.63) is 58.3 Å². The maximum Gasteiger partial charge on any atom is 0.137 e. The smallest absolute Gasteiger partial charge is 0.137 e. The van der Waals surface area contributed by atoms with Crippen molar-refractivity contribution in [3.8, 4) is 5.75 Å². The van der Waals surface area contributed by atoms with E-state index in [1.807, 2.05) is 24.3 Å². The van der Waals surface area contributed by atoms with Crippen molar-refractivity contribution in [3.63, 3.8) is 0 Å². The first-order chi connectivity index (χ1) is 9.15. The van der Waals surface area contributed by atoms with Gasteiger partial charge in [0.05, 0.1) is 11.1 Å².